The molecule has 1 aromatic rings. The first-order valence-corrected chi connectivity index (χ1v) is 7.73. The van der Waals surface area contributed by atoms with Gasteiger partial charge in [-0.1, -0.05) is 17.7 Å². The Morgan fingerprint density at radius 1 is 1.39 bits per heavy atom. The summed E-state index contributed by atoms with van der Waals surface area (Å²) in [5, 5.41) is 0.474. The van der Waals surface area contributed by atoms with E-state index in [0.717, 1.165) is 25.3 Å². The SMILES string of the molecule is NCC(c1c(F)cccc1Cl)N1CCCSCC1. The van der Waals surface area contributed by atoms with Gasteiger partial charge in [-0.05, 0) is 30.9 Å². The molecule has 2 nitrogen and oxygen atoms in total. The molecular formula is C13H18ClFN2S. The highest BCUT2D eigenvalue weighted by atomic mass is 35.5. The Morgan fingerprint density at radius 2 is 2.22 bits per heavy atom. The first-order chi connectivity index (χ1) is 8.74. The summed E-state index contributed by atoms with van der Waals surface area (Å²) in [5.74, 6) is 1.98. The molecule has 100 valence electrons. The second kappa shape index (κ2) is 6.75. The molecule has 18 heavy (non-hydrogen) atoms. The van der Waals surface area contributed by atoms with Crippen LogP contribution in [-0.4, -0.2) is 36.0 Å². The minimum absolute atomic E-state index is 0.114. The average molecular weight is 289 g/mol. The lowest BCUT2D eigenvalue weighted by Gasteiger charge is -2.30. The molecule has 1 aliphatic rings. The first kappa shape index (κ1) is 14.1. The summed E-state index contributed by atoms with van der Waals surface area (Å²) >= 11 is 8.08. The number of benzene rings is 1. The van der Waals surface area contributed by atoms with Crippen molar-refractivity contribution in [2.45, 2.75) is 12.5 Å². The highest BCUT2D eigenvalue weighted by Crippen LogP contribution is 2.30. The molecule has 1 aliphatic heterocycles. The summed E-state index contributed by atoms with van der Waals surface area (Å²) in [7, 11) is 0. The summed E-state index contributed by atoms with van der Waals surface area (Å²) in [5.41, 5.74) is 6.40. The number of nitrogens with two attached hydrogens (primary N) is 1. The lowest BCUT2D eigenvalue weighted by molar-refractivity contribution is 0.214. The quantitative estimate of drug-likeness (QED) is 0.927. The van der Waals surface area contributed by atoms with E-state index >= 15 is 0 Å². The largest absolute Gasteiger partial charge is 0.329 e. The van der Waals surface area contributed by atoms with Crippen LogP contribution in [0.25, 0.3) is 0 Å². The minimum Gasteiger partial charge on any atom is -0.329 e. The molecule has 1 fully saturated rings. The Balaban J connectivity index is 2.26. The highest BCUT2D eigenvalue weighted by Gasteiger charge is 2.24. The van der Waals surface area contributed by atoms with Crippen LogP contribution in [0.4, 0.5) is 4.39 Å². The second-order valence-corrected chi connectivity index (χ2v) is 6.02. The van der Waals surface area contributed by atoms with E-state index in [9.17, 15) is 4.39 Å². The molecule has 0 radical (unpaired) electrons. The third kappa shape index (κ3) is 3.18. The van der Waals surface area contributed by atoms with Crippen LogP contribution < -0.4 is 5.73 Å². The van der Waals surface area contributed by atoms with E-state index in [0.29, 0.717) is 17.1 Å². The van der Waals surface area contributed by atoms with E-state index < -0.39 is 0 Å². The average Bonchev–Trinajstić information content (AvgIpc) is 2.63. The molecule has 1 saturated heterocycles. The van der Waals surface area contributed by atoms with Crippen molar-refractivity contribution in [3.05, 3.63) is 34.6 Å². The fraction of sp³-hybridized carbons (Fsp3) is 0.538. The van der Waals surface area contributed by atoms with Crippen LogP contribution in [0.3, 0.4) is 0 Å². The maximum Gasteiger partial charge on any atom is 0.129 e. The van der Waals surface area contributed by atoms with Crippen LogP contribution >= 0.6 is 23.4 Å². The van der Waals surface area contributed by atoms with Crippen LogP contribution in [-0.2, 0) is 0 Å². The molecule has 2 rings (SSSR count). The van der Waals surface area contributed by atoms with E-state index in [-0.39, 0.29) is 11.9 Å². The van der Waals surface area contributed by atoms with Gasteiger partial charge in [0.2, 0.25) is 0 Å². The van der Waals surface area contributed by atoms with Crippen LogP contribution in [0, 0.1) is 5.82 Å². The van der Waals surface area contributed by atoms with E-state index in [1.807, 2.05) is 11.8 Å². The van der Waals surface area contributed by atoms with E-state index in [1.165, 1.54) is 11.8 Å². The molecule has 1 atom stereocenters. The van der Waals surface area contributed by atoms with Crippen molar-refractivity contribution in [2.24, 2.45) is 5.73 Å². The second-order valence-electron chi connectivity index (χ2n) is 4.39. The van der Waals surface area contributed by atoms with Gasteiger partial charge in [-0.2, -0.15) is 11.8 Å². The fourth-order valence-electron chi connectivity index (χ4n) is 2.36. The lowest BCUT2D eigenvalue weighted by atomic mass is 10.0. The van der Waals surface area contributed by atoms with Crippen molar-refractivity contribution >= 4 is 23.4 Å². The van der Waals surface area contributed by atoms with Gasteiger partial charge in [-0.3, -0.25) is 4.90 Å². The molecule has 1 unspecified atom stereocenters. The monoisotopic (exact) mass is 288 g/mol. The Labute approximate surface area is 117 Å². The number of rotatable bonds is 3. The molecule has 0 aliphatic carbocycles. The summed E-state index contributed by atoms with van der Waals surface area (Å²) in [6.07, 6.45) is 1.12. The Morgan fingerprint density at radius 3 is 2.94 bits per heavy atom. The van der Waals surface area contributed by atoms with Crippen molar-refractivity contribution in [1.29, 1.82) is 0 Å². The highest BCUT2D eigenvalue weighted by molar-refractivity contribution is 7.99. The van der Waals surface area contributed by atoms with Gasteiger partial charge in [0.05, 0.1) is 6.04 Å². The third-order valence-corrected chi connectivity index (χ3v) is 4.63. The molecular weight excluding hydrogens is 271 g/mol. The van der Waals surface area contributed by atoms with Gasteiger partial charge in [0.25, 0.3) is 0 Å². The summed E-state index contributed by atoms with van der Waals surface area (Å²) in [6, 6.07) is 4.70. The standard InChI is InChI=1S/C13H18ClFN2S/c14-10-3-1-4-11(15)13(10)12(9-16)17-5-2-7-18-8-6-17/h1,3-4,12H,2,5-9,16H2. The third-order valence-electron chi connectivity index (χ3n) is 3.25. The van der Waals surface area contributed by atoms with Gasteiger partial charge in [-0.25, -0.2) is 4.39 Å². The van der Waals surface area contributed by atoms with Crippen LogP contribution in [0.1, 0.15) is 18.0 Å². The van der Waals surface area contributed by atoms with Crippen LogP contribution in [0.15, 0.2) is 18.2 Å². The van der Waals surface area contributed by atoms with Crippen molar-refractivity contribution < 1.29 is 4.39 Å². The minimum atomic E-state index is -0.255. The molecule has 0 saturated carbocycles. The van der Waals surface area contributed by atoms with Crippen LogP contribution in [0.2, 0.25) is 5.02 Å². The number of hydrogen-bond donors (Lipinski definition) is 1. The Kier molecular flexibility index (Phi) is 5.30. The van der Waals surface area contributed by atoms with Crippen molar-refractivity contribution in [3.8, 4) is 0 Å². The van der Waals surface area contributed by atoms with Crippen molar-refractivity contribution in [1.82, 2.24) is 4.90 Å². The molecule has 5 heteroatoms. The van der Waals surface area contributed by atoms with Gasteiger partial charge in [0.15, 0.2) is 0 Å². The molecule has 1 heterocycles. The zero-order chi connectivity index (χ0) is 13.0. The van der Waals surface area contributed by atoms with Gasteiger partial charge < -0.3 is 5.73 Å². The summed E-state index contributed by atoms with van der Waals surface area (Å²) < 4.78 is 14.0. The molecule has 2 N–H and O–H groups in total. The van der Waals surface area contributed by atoms with Gasteiger partial charge in [-0.15, -0.1) is 0 Å². The zero-order valence-electron chi connectivity index (χ0n) is 10.2. The number of halogens is 2. The normalized spacial score (nSPS) is 19.5. The molecule has 0 aromatic heterocycles. The van der Waals surface area contributed by atoms with E-state index in [2.05, 4.69) is 4.90 Å². The smallest absolute Gasteiger partial charge is 0.129 e. The number of nitrogens with zero attached hydrogens (tertiary/aromatic N) is 1. The van der Waals surface area contributed by atoms with Crippen molar-refractivity contribution in [3.63, 3.8) is 0 Å². The van der Waals surface area contributed by atoms with Gasteiger partial charge in [0, 0.05) is 29.4 Å². The van der Waals surface area contributed by atoms with Gasteiger partial charge >= 0.3 is 0 Å². The van der Waals surface area contributed by atoms with E-state index in [4.69, 9.17) is 17.3 Å². The number of hydrogen-bond acceptors (Lipinski definition) is 3. The molecule has 1 aromatic carbocycles. The van der Waals surface area contributed by atoms with Gasteiger partial charge in [0.1, 0.15) is 5.82 Å². The summed E-state index contributed by atoms with van der Waals surface area (Å²) in [6.45, 7) is 2.29. The fourth-order valence-corrected chi connectivity index (χ4v) is 3.55. The lowest BCUT2D eigenvalue weighted by Crippen LogP contribution is -2.36. The van der Waals surface area contributed by atoms with E-state index in [1.54, 1.807) is 12.1 Å². The predicted molar refractivity (Wildman–Crippen MR) is 76.7 cm³/mol. The predicted octanol–water partition coefficient (Wildman–Crippen LogP) is 2.92. The molecule has 0 spiro atoms. The maximum absolute atomic E-state index is 14.0. The van der Waals surface area contributed by atoms with Crippen molar-refractivity contribution in [2.75, 3.05) is 31.1 Å². The number of thioether (sulfide) groups is 1. The maximum atomic E-state index is 14.0. The Bertz CT molecular complexity index is 374. The van der Waals surface area contributed by atoms with Crippen LogP contribution in [0.5, 0.6) is 0 Å². The zero-order valence-corrected chi connectivity index (χ0v) is 11.8. The topological polar surface area (TPSA) is 29.3 Å². The Hall–Kier alpha value is -0.290. The molecule has 0 bridgehead atoms. The summed E-state index contributed by atoms with van der Waals surface area (Å²) in [4.78, 5) is 2.25. The molecule has 0 amide bonds. The first-order valence-electron chi connectivity index (χ1n) is 6.20.